The minimum absolute atomic E-state index is 0. The van der Waals surface area contributed by atoms with Crippen molar-refractivity contribution in [1.82, 2.24) is 0 Å². The molecule has 0 atom stereocenters. The normalized spacial score (nSPS) is 25.5. The highest BCUT2D eigenvalue weighted by Gasteiger charge is 2.24. The Bertz CT molecular complexity index is 91.4. The van der Waals surface area contributed by atoms with Crippen molar-refractivity contribution < 1.29 is 0 Å². The lowest BCUT2D eigenvalue weighted by Crippen LogP contribution is -2.30. The molecule has 1 aliphatic carbocycles. The number of rotatable bonds is 0. The average Bonchev–Trinajstić information content (AvgIpc) is 1.78. The van der Waals surface area contributed by atoms with Gasteiger partial charge in [-0.1, -0.05) is 13.8 Å². The molecule has 2 heteroatoms. The SMILES string of the molecule is CC1(C)CCC(N)CC1.Cl. The molecule has 2 N–H and O–H groups in total. The molecule has 0 radical (unpaired) electrons. The predicted molar refractivity (Wildman–Crippen MR) is 47.5 cm³/mol. The fourth-order valence-electron chi connectivity index (χ4n) is 1.42. The van der Waals surface area contributed by atoms with Crippen molar-refractivity contribution >= 4 is 12.4 Å². The summed E-state index contributed by atoms with van der Waals surface area (Å²) < 4.78 is 0. The fourth-order valence-corrected chi connectivity index (χ4v) is 1.42. The third-order valence-electron chi connectivity index (χ3n) is 2.38. The minimum atomic E-state index is 0. The summed E-state index contributed by atoms with van der Waals surface area (Å²) in [6.45, 7) is 4.66. The van der Waals surface area contributed by atoms with Gasteiger partial charge in [0.1, 0.15) is 0 Å². The van der Waals surface area contributed by atoms with Gasteiger partial charge in [0.25, 0.3) is 0 Å². The average molecular weight is 164 g/mol. The second-order valence-electron chi connectivity index (χ2n) is 4.00. The molecule has 0 unspecified atom stereocenters. The Balaban J connectivity index is 0.000000810. The highest BCUT2D eigenvalue weighted by molar-refractivity contribution is 5.85. The van der Waals surface area contributed by atoms with Gasteiger partial charge in [0, 0.05) is 6.04 Å². The summed E-state index contributed by atoms with van der Waals surface area (Å²) in [6, 6.07) is 0.498. The minimum Gasteiger partial charge on any atom is -0.328 e. The summed E-state index contributed by atoms with van der Waals surface area (Å²) in [5, 5.41) is 0. The van der Waals surface area contributed by atoms with Gasteiger partial charge in [-0.15, -0.1) is 12.4 Å². The van der Waals surface area contributed by atoms with E-state index in [0.717, 1.165) is 0 Å². The van der Waals surface area contributed by atoms with Gasteiger partial charge in [-0.25, -0.2) is 0 Å². The molecule has 0 bridgehead atoms. The molecule has 1 fully saturated rings. The summed E-state index contributed by atoms with van der Waals surface area (Å²) in [5.41, 5.74) is 6.34. The standard InChI is InChI=1S/C8H17N.ClH/c1-8(2)5-3-7(9)4-6-8;/h7H,3-6,9H2,1-2H3;1H. The Morgan fingerprint density at radius 3 is 1.90 bits per heavy atom. The Morgan fingerprint density at radius 2 is 1.60 bits per heavy atom. The van der Waals surface area contributed by atoms with Gasteiger partial charge in [-0.2, -0.15) is 0 Å². The smallest absolute Gasteiger partial charge is 0.00392 e. The van der Waals surface area contributed by atoms with Crippen LogP contribution in [0.4, 0.5) is 0 Å². The Morgan fingerprint density at radius 1 is 1.20 bits per heavy atom. The van der Waals surface area contributed by atoms with Gasteiger partial charge < -0.3 is 5.73 Å². The number of nitrogens with two attached hydrogens (primary N) is 1. The summed E-state index contributed by atoms with van der Waals surface area (Å²) in [5.74, 6) is 0. The van der Waals surface area contributed by atoms with E-state index in [2.05, 4.69) is 13.8 Å². The quantitative estimate of drug-likeness (QED) is 0.583. The lowest BCUT2D eigenvalue weighted by molar-refractivity contribution is 0.225. The van der Waals surface area contributed by atoms with E-state index in [9.17, 15) is 0 Å². The van der Waals surface area contributed by atoms with Crippen LogP contribution in [0.1, 0.15) is 39.5 Å². The lowest BCUT2D eigenvalue weighted by Gasteiger charge is -2.32. The zero-order chi connectivity index (χ0) is 6.91. The fraction of sp³-hybridized carbons (Fsp3) is 1.00. The molecule has 1 rings (SSSR count). The maximum atomic E-state index is 5.76. The molecule has 1 aliphatic rings. The van der Waals surface area contributed by atoms with Gasteiger partial charge in [0.15, 0.2) is 0 Å². The van der Waals surface area contributed by atoms with Crippen molar-refractivity contribution in [2.75, 3.05) is 0 Å². The zero-order valence-electron chi connectivity index (χ0n) is 6.89. The van der Waals surface area contributed by atoms with Gasteiger partial charge >= 0.3 is 0 Å². The highest BCUT2D eigenvalue weighted by atomic mass is 35.5. The van der Waals surface area contributed by atoms with E-state index in [4.69, 9.17) is 5.73 Å². The first-order valence-corrected chi connectivity index (χ1v) is 3.86. The summed E-state index contributed by atoms with van der Waals surface area (Å²) >= 11 is 0. The van der Waals surface area contributed by atoms with Crippen LogP contribution in [0.3, 0.4) is 0 Å². The van der Waals surface area contributed by atoms with E-state index >= 15 is 0 Å². The number of halogens is 1. The third kappa shape index (κ3) is 2.89. The molecule has 0 amide bonds. The molecule has 10 heavy (non-hydrogen) atoms. The first-order valence-electron chi connectivity index (χ1n) is 3.86. The molecule has 0 aliphatic heterocycles. The van der Waals surface area contributed by atoms with Crippen LogP contribution in [0.15, 0.2) is 0 Å². The lowest BCUT2D eigenvalue weighted by atomic mass is 9.76. The van der Waals surface area contributed by atoms with Crippen molar-refractivity contribution in [3.05, 3.63) is 0 Å². The highest BCUT2D eigenvalue weighted by Crippen LogP contribution is 2.34. The Labute approximate surface area is 69.8 Å². The predicted octanol–water partition coefficient (Wildman–Crippen LogP) is 2.34. The summed E-state index contributed by atoms with van der Waals surface area (Å²) in [7, 11) is 0. The topological polar surface area (TPSA) is 26.0 Å². The van der Waals surface area contributed by atoms with Crippen LogP contribution in [0.25, 0.3) is 0 Å². The molecular formula is C8H18ClN. The van der Waals surface area contributed by atoms with Gasteiger partial charge in [0.2, 0.25) is 0 Å². The third-order valence-corrected chi connectivity index (χ3v) is 2.38. The molecule has 62 valence electrons. The largest absolute Gasteiger partial charge is 0.328 e. The molecule has 0 spiro atoms. The number of hydrogen-bond donors (Lipinski definition) is 1. The van der Waals surface area contributed by atoms with Crippen molar-refractivity contribution in [3.63, 3.8) is 0 Å². The van der Waals surface area contributed by atoms with Crippen LogP contribution >= 0.6 is 12.4 Å². The van der Waals surface area contributed by atoms with Crippen molar-refractivity contribution in [2.45, 2.75) is 45.6 Å². The van der Waals surface area contributed by atoms with E-state index < -0.39 is 0 Å². The van der Waals surface area contributed by atoms with Gasteiger partial charge in [0.05, 0.1) is 0 Å². The van der Waals surface area contributed by atoms with Crippen LogP contribution in [0, 0.1) is 5.41 Å². The second-order valence-corrected chi connectivity index (χ2v) is 4.00. The summed E-state index contributed by atoms with van der Waals surface area (Å²) in [4.78, 5) is 0. The number of hydrogen-bond acceptors (Lipinski definition) is 1. The van der Waals surface area contributed by atoms with Crippen molar-refractivity contribution in [3.8, 4) is 0 Å². The van der Waals surface area contributed by atoms with E-state index in [1.807, 2.05) is 0 Å². The zero-order valence-corrected chi connectivity index (χ0v) is 7.71. The first-order chi connectivity index (χ1) is 4.10. The molecular weight excluding hydrogens is 146 g/mol. The molecule has 0 aromatic heterocycles. The van der Waals surface area contributed by atoms with Gasteiger partial charge in [-0.3, -0.25) is 0 Å². The Kier molecular flexibility index (Phi) is 3.68. The van der Waals surface area contributed by atoms with Crippen molar-refractivity contribution in [1.29, 1.82) is 0 Å². The monoisotopic (exact) mass is 163 g/mol. The van der Waals surface area contributed by atoms with Crippen LogP contribution in [0.5, 0.6) is 0 Å². The maximum Gasteiger partial charge on any atom is 0.00392 e. The molecule has 0 aromatic carbocycles. The second kappa shape index (κ2) is 3.59. The molecule has 1 nitrogen and oxygen atoms in total. The molecule has 0 heterocycles. The Hall–Kier alpha value is 0.250. The van der Waals surface area contributed by atoms with E-state index in [1.165, 1.54) is 25.7 Å². The molecule has 0 aromatic rings. The molecule has 0 saturated heterocycles. The van der Waals surface area contributed by atoms with E-state index in [0.29, 0.717) is 11.5 Å². The van der Waals surface area contributed by atoms with Crippen LogP contribution < -0.4 is 5.73 Å². The van der Waals surface area contributed by atoms with E-state index in [-0.39, 0.29) is 12.4 Å². The summed E-state index contributed by atoms with van der Waals surface area (Å²) in [6.07, 6.45) is 5.09. The maximum absolute atomic E-state index is 5.76. The van der Waals surface area contributed by atoms with Crippen LogP contribution in [-0.4, -0.2) is 6.04 Å². The van der Waals surface area contributed by atoms with Crippen LogP contribution in [-0.2, 0) is 0 Å². The molecule has 1 saturated carbocycles. The van der Waals surface area contributed by atoms with E-state index in [1.54, 1.807) is 0 Å². The van der Waals surface area contributed by atoms with Gasteiger partial charge in [-0.05, 0) is 31.1 Å². The van der Waals surface area contributed by atoms with Crippen molar-refractivity contribution in [2.24, 2.45) is 11.1 Å². The first kappa shape index (κ1) is 10.2. The van der Waals surface area contributed by atoms with Crippen LogP contribution in [0.2, 0.25) is 0 Å².